The number of hydrogen-bond donors (Lipinski definition) is 1. The summed E-state index contributed by atoms with van der Waals surface area (Å²) in [4.78, 5) is 27.8. The summed E-state index contributed by atoms with van der Waals surface area (Å²) in [7, 11) is 5.02. The van der Waals surface area contributed by atoms with Crippen molar-refractivity contribution >= 4 is 17.6 Å². The predicted octanol–water partition coefficient (Wildman–Crippen LogP) is 3.24. The van der Waals surface area contributed by atoms with Crippen molar-refractivity contribution < 1.29 is 14.3 Å². The van der Waals surface area contributed by atoms with Crippen molar-refractivity contribution in [1.29, 1.82) is 0 Å². The summed E-state index contributed by atoms with van der Waals surface area (Å²) in [6.45, 7) is 2.73. The van der Waals surface area contributed by atoms with Crippen molar-refractivity contribution in [3.05, 3.63) is 59.7 Å². The third kappa shape index (κ3) is 5.24. The number of likely N-dealkylation sites (N-methyl/N-ethyl adjacent to an activating group) is 1. The maximum Gasteiger partial charge on any atom is 0.321 e. The van der Waals surface area contributed by atoms with Crippen LogP contribution in [-0.2, 0) is 0 Å². The van der Waals surface area contributed by atoms with Gasteiger partial charge < -0.3 is 19.9 Å². The zero-order chi connectivity index (χ0) is 19.1. The van der Waals surface area contributed by atoms with Gasteiger partial charge in [0.15, 0.2) is 0 Å². The number of ether oxygens (including phenoxy) is 1. The van der Waals surface area contributed by atoms with Crippen LogP contribution in [-0.4, -0.2) is 56.0 Å². The van der Waals surface area contributed by atoms with Crippen molar-refractivity contribution in [2.45, 2.75) is 6.92 Å². The zero-order valence-electron chi connectivity index (χ0n) is 15.7. The number of nitrogens with one attached hydrogen (secondary N) is 1. The topological polar surface area (TPSA) is 61.9 Å². The highest BCUT2D eigenvalue weighted by Crippen LogP contribution is 2.19. The number of amides is 3. The van der Waals surface area contributed by atoms with Crippen LogP contribution in [0.5, 0.6) is 5.75 Å². The summed E-state index contributed by atoms with van der Waals surface area (Å²) >= 11 is 0. The van der Waals surface area contributed by atoms with Crippen molar-refractivity contribution in [2.75, 3.05) is 39.6 Å². The molecule has 1 N–H and O–H groups in total. The predicted molar refractivity (Wildman–Crippen MR) is 103 cm³/mol. The molecule has 0 aliphatic heterocycles. The summed E-state index contributed by atoms with van der Waals surface area (Å²) in [6, 6.07) is 14.6. The molecular weight excluding hydrogens is 330 g/mol. The maximum atomic E-state index is 12.8. The second-order valence-electron chi connectivity index (χ2n) is 6.26. The van der Waals surface area contributed by atoms with Gasteiger partial charge >= 0.3 is 6.03 Å². The molecule has 26 heavy (non-hydrogen) atoms. The highest BCUT2D eigenvalue weighted by Gasteiger charge is 2.18. The lowest BCUT2D eigenvalue weighted by atomic mass is 10.1. The Hall–Kier alpha value is -3.02. The van der Waals surface area contributed by atoms with Crippen LogP contribution in [0.4, 0.5) is 10.5 Å². The number of rotatable bonds is 6. The maximum absolute atomic E-state index is 12.8. The Kier molecular flexibility index (Phi) is 6.60. The van der Waals surface area contributed by atoms with Gasteiger partial charge in [-0.15, -0.1) is 0 Å². The van der Waals surface area contributed by atoms with Crippen molar-refractivity contribution in [1.82, 2.24) is 9.80 Å². The molecule has 0 aliphatic rings. The number of anilines is 1. The van der Waals surface area contributed by atoms with E-state index in [1.54, 1.807) is 38.2 Å². The molecule has 6 nitrogen and oxygen atoms in total. The molecule has 0 atom stereocenters. The fourth-order valence-electron chi connectivity index (χ4n) is 2.30. The SMILES string of the molecule is Cc1ccc(NC(=O)N(C)C)c(C(=O)N(C)CCOc2ccccc2)c1. The van der Waals surface area contributed by atoms with Gasteiger partial charge in [0.2, 0.25) is 0 Å². The Bertz CT molecular complexity index is 760. The average Bonchev–Trinajstić information content (AvgIpc) is 2.63. The number of nitrogens with zero attached hydrogens (tertiary/aromatic N) is 2. The molecule has 2 aromatic rings. The van der Waals surface area contributed by atoms with Crippen molar-refractivity contribution in [3.63, 3.8) is 0 Å². The third-order valence-corrected chi connectivity index (χ3v) is 3.84. The first-order valence-corrected chi connectivity index (χ1v) is 8.40. The molecule has 0 radical (unpaired) electrons. The fraction of sp³-hybridized carbons (Fsp3) is 0.300. The van der Waals surface area contributed by atoms with Gasteiger partial charge in [-0.1, -0.05) is 29.8 Å². The second-order valence-corrected chi connectivity index (χ2v) is 6.26. The minimum Gasteiger partial charge on any atom is -0.492 e. The summed E-state index contributed by atoms with van der Waals surface area (Å²) < 4.78 is 5.64. The third-order valence-electron chi connectivity index (χ3n) is 3.84. The van der Waals surface area contributed by atoms with E-state index in [-0.39, 0.29) is 11.9 Å². The number of para-hydroxylation sites is 1. The first-order valence-electron chi connectivity index (χ1n) is 8.40. The fourth-order valence-corrected chi connectivity index (χ4v) is 2.30. The van der Waals surface area contributed by atoms with Crippen LogP contribution in [0.25, 0.3) is 0 Å². The molecule has 0 fully saturated rings. The average molecular weight is 355 g/mol. The Morgan fingerprint density at radius 2 is 1.73 bits per heavy atom. The first-order chi connectivity index (χ1) is 12.4. The molecule has 0 aromatic heterocycles. The standard InChI is InChI=1S/C20H25N3O3/c1-15-10-11-18(21-20(25)22(2)3)17(14-15)19(24)23(4)12-13-26-16-8-6-5-7-9-16/h5-11,14H,12-13H2,1-4H3,(H,21,25). The van der Waals surface area contributed by atoms with Crippen LogP contribution in [0.15, 0.2) is 48.5 Å². The van der Waals surface area contributed by atoms with Gasteiger partial charge in [0.25, 0.3) is 5.91 Å². The smallest absolute Gasteiger partial charge is 0.321 e. The first kappa shape index (κ1) is 19.3. The van der Waals surface area contributed by atoms with Crippen molar-refractivity contribution in [2.24, 2.45) is 0 Å². The van der Waals surface area contributed by atoms with E-state index in [1.807, 2.05) is 43.3 Å². The van der Waals surface area contributed by atoms with Crippen LogP contribution in [0, 0.1) is 6.92 Å². The number of carbonyl (C=O) groups is 2. The lowest BCUT2D eigenvalue weighted by Gasteiger charge is -2.21. The molecule has 2 aromatic carbocycles. The molecule has 0 unspecified atom stereocenters. The molecule has 0 saturated carbocycles. The normalized spacial score (nSPS) is 10.2. The van der Waals surface area contributed by atoms with Gasteiger partial charge in [0.1, 0.15) is 12.4 Å². The number of aryl methyl sites for hydroxylation is 1. The number of hydrogen-bond acceptors (Lipinski definition) is 3. The van der Waals surface area contributed by atoms with Crippen LogP contribution in [0.3, 0.4) is 0 Å². The van der Waals surface area contributed by atoms with Crippen LogP contribution < -0.4 is 10.1 Å². The molecule has 6 heteroatoms. The summed E-state index contributed by atoms with van der Waals surface area (Å²) in [5.74, 6) is 0.599. The molecule has 0 saturated heterocycles. The van der Waals surface area contributed by atoms with E-state index in [4.69, 9.17) is 4.74 Å². The Balaban J connectivity index is 2.04. The number of benzene rings is 2. The monoisotopic (exact) mass is 355 g/mol. The minimum absolute atomic E-state index is 0.167. The Morgan fingerprint density at radius 3 is 2.38 bits per heavy atom. The van der Waals surface area contributed by atoms with E-state index >= 15 is 0 Å². The molecule has 0 aliphatic carbocycles. The lowest BCUT2D eigenvalue weighted by molar-refractivity contribution is 0.0774. The van der Waals surface area contributed by atoms with E-state index < -0.39 is 0 Å². The Labute approximate surface area is 154 Å². The minimum atomic E-state index is -0.280. The molecule has 0 heterocycles. The summed E-state index contributed by atoms with van der Waals surface area (Å²) in [6.07, 6.45) is 0. The highest BCUT2D eigenvalue weighted by atomic mass is 16.5. The van der Waals surface area contributed by atoms with Crippen LogP contribution in [0.1, 0.15) is 15.9 Å². The molecule has 3 amide bonds. The lowest BCUT2D eigenvalue weighted by Crippen LogP contribution is -2.33. The summed E-state index contributed by atoms with van der Waals surface area (Å²) in [5, 5.41) is 2.76. The van der Waals surface area contributed by atoms with Gasteiger partial charge in [-0.3, -0.25) is 4.79 Å². The molecule has 0 bridgehead atoms. The summed E-state index contributed by atoms with van der Waals surface area (Å²) in [5.41, 5.74) is 1.91. The van der Waals surface area contributed by atoms with Crippen LogP contribution >= 0.6 is 0 Å². The molecule has 0 spiro atoms. The largest absolute Gasteiger partial charge is 0.492 e. The van der Waals surface area contributed by atoms with Crippen molar-refractivity contribution in [3.8, 4) is 5.75 Å². The molecular formula is C20H25N3O3. The van der Waals surface area contributed by atoms with E-state index in [1.165, 1.54) is 4.90 Å². The highest BCUT2D eigenvalue weighted by molar-refractivity contribution is 6.03. The van der Waals surface area contributed by atoms with Gasteiger partial charge in [-0.05, 0) is 31.2 Å². The molecule has 138 valence electrons. The van der Waals surface area contributed by atoms with Gasteiger partial charge in [-0.2, -0.15) is 0 Å². The Morgan fingerprint density at radius 1 is 1.04 bits per heavy atom. The number of urea groups is 1. The number of carbonyl (C=O) groups excluding carboxylic acids is 2. The van der Waals surface area contributed by atoms with E-state index in [9.17, 15) is 9.59 Å². The van der Waals surface area contributed by atoms with E-state index in [2.05, 4.69) is 5.32 Å². The molecule has 2 rings (SSSR count). The zero-order valence-corrected chi connectivity index (χ0v) is 15.7. The van der Waals surface area contributed by atoms with E-state index in [0.717, 1.165) is 11.3 Å². The van der Waals surface area contributed by atoms with Crippen LogP contribution in [0.2, 0.25) is 0 Å². The second kappa shape index (κ2) is 8.89. The van der Waals surface area contributed by atoms with Gasteiger partial charge in [0.05, 0.1) is 17.8 Å². The quantitative estimate of drug-likeness (QED) is 0.865. The van der Waals surface area contributed by atoms with E-state index in [0.29, 0.717) is 24.4 Å². The van der Waals surface area contributed by atoms with Gasteiger partial charge in [-0.25, -0.2) is 4.79 Å². The van der Waals surface area contributed by atoms with Gasteiger partial charge in [0, 0.05) is 21.1 Å².